The number of fused-ring (bicyclic) bond motifs is 2. The lowest BCUT2D eigenvalue weighted by atomic mass is 9.87. The van der Waals surface area contributed by atoms with Crippen LogP contribution in [0.3, 0.4) is 0 Å². The molecule has 3 aromatic rings. The number of nitrogens with zero attached hydrogens (tertiary/aromatic N) is 3. The maximum Gasteiger partial charge on any atom is 0.310 e. The Morgan fingerprint density at radius 1 is 1.14 bits per heavy atom. The summed E-state index contributed by atoms with van der Waals surface area (Å²) in [4.78, 5) is 21.7. The number of thiazole rings is 1. The topological polar surface area (TPSA) is 65.9 Å². The van der Waals surface area contributed by atoms with E-state index in [-0.39, 0.29) is 5.92 Å². The monoisotopic (exact) mass is 585 g/mol. The second kappa shape index (κ2) is 11.3. The van der Waals surface area contributed by atoms with Gasteiger partial charge in [-0.25, -0.2) is 4.98 Å². The average molecular weight is 586 g/mol. The summed E-state index contributed by atoms with van der Waals surface area (Å²) in [5, 5.41) is 12.7. The van der Waals surface area contributed by atoms with Crippen LogP contribution < -0.4 is 9.64 Å². The van der Waals surface area contributed by atoms with E-state index in [2.05, 4.69) is 59.4 Å². The summed E-state index contributed by atoms with van der Waals surface area (Å²) >= 11 is 1.64. The Balaban J connectivity index is 1.03. The van der Waals surface area contributed by atoms with Crippen LogP contribution in [0.15, 0.2) is 35.7 Å². The Labute approximate surface area is 253 Å². The first-order valence-electron chi connectivity index (χ1n) is 15.9. The molecular weight excluding hydrogens is 542 g/mol. The van der Waals surface area contributed by atoms with Gasteiger partial charge in [0, 0.05) is 43.7 Å². The number of aromatic nitrogens is 1. The smallest absolute Gasteiger partial charge is 0.310 e. The van der Waals surface area contributed by atoms with Crippen molar-refractivity contribution in [1.82, 2.24) is 9.88 Å². The fraction of sp³-hybridized carbons (Fsp3) is 0.543. The van der Waals surface area contributed by atoms with Crippen LogP contribution in [0.25, 0.3) is 11.3 Å². The maximum absolute atomic E-state index is 11.7. The van der Waals surface area contributed by atoms with Crippen molar-refractivity contribution in [3.8, 4) is 17.0 Å². The second-order valence-electron chi connectivity index (χ2n) is 13.4. The highest BCUT2D eigenvalue weighted by Crippen LogP contribution is 2.58. The molecule has 7 heteroatoms. The number of carboxylic acids is 1. The van der Waals surface area contributed by atoms with E-state index in [1.807, 2.05) is 0 Å². The first kappa shape index (κ1) is 27.9. The number of ether oxygens (including phenoxy) is 1. The molecule has 1 aromatic heterocycles. The zero-order valence-corrected chi connectivity index (χ0v) is 25.8. The number of carbonyl (C=O) groups is 1. The molecule has 222 valence electrons. The van der Waals surface area contributed by atoms with Crippen LogP contribution in [0.2, 0.25) is 0 Å². The molecular formula is C35H43N3O3S. The highest BCUT2D eigenvalue weighted by molar-refractivity contribution is 7.14. The molecule has 2 atom stereocenters. The minimum absolute atomic E-state index is 0.244. The van der Waals surface area contributed by atoms with Gasteiger partial charge < -0.3 is 14.7 Å². The number of piperidine rings is 1. The van der Waals surface area contributed by atoms with E-state index in [9.17, 15) is 9.90 Å². The molecule has 2 aliphatic heterocycles. The van der Waals surface area contributed by atoms with Crippen LogP contribution in [0.5, 0.6) is 5.75 Å². The van der Waals surface area contributed by atoms with E-state index in [4.69, 9.17) is 9.72 Å². The fourth-order valence-corrected chi connectivity index (χ4v) is 8.66. The highest BCUT2D eigenvalue weighted by atomic mass is 32.1. The summed E-state index contributed by atoms with van der Waals surface area (Å²) in [5.41, 5.74) is 8.29. The Morgan fingerprint density at radius 2 is 2.00 bits per heavy atom. The summed E-state index contributed by atoms with van der Waals surface area (Å²) < 4.78 is 6.49. The Morgan fingerprint density at radius 3 is 2.81 bits per heavy atom. The van der Waals surface area contributed by atoms with Gasteiger partial charge in [0.05, 0.1) is 11.1 Å². The molecule has 4 aliphatic rings. The molecule has 6 nitrogen and oxygen atoms in total. The van der Waals surface area contributed by atoms with Crippen molar-refractivity contribution in [3.63, 3.8) is 0 Å². The summed E-state index contributed by atoms with van der Waals surface area (Å²) in [5.74, 6) is 1.37. The third-order valence-electron chi connectivity index (χ3n) is 10.4. The number of hydrogen-bond acceptors (Lipinski definition) is 6. The molecule has 0 amide bonds. The van der Waals surface area contributed by atoms with Gasteiger partial charge in [0.2, 0.25) is 0 Å². The standard InChI is InChI=1S/C35H43N3O3S/c1-23-8-9-32(29(14-23)31-22-42-34(36-31)38-13-11-35(33(39)40)17-28(35)19-38)41-21-26-15-24(2)30-20-37(12-10-27(30)16-26)18-25-6-4-3-5-7-25/h8-9,14-16,22,25,28H,3-7,10-13,17-21H2,1-2H3,(H,39,40)/t28-,35+/m0/s1. The van der Waals surface area contributed by atoms with Crippen LogP contribution in [0.4, 0.5) is 5.13 Å². The average Bonchev–Trinajstić information content (AvgIpc) is 3.55. The van der Waals surface area contributed by atoms with E-state index in [1.165, 1.54) is 66.5 Å². The lowest BCUT2D eigenvalue weighted by Gasteiger charge is -2.34. The predicted molar refractivity (Wildman–Crippen MR) is 168 cm³/mol. The van der Waals surface area contributed by atoms with Gasteiger partial charge >= 0.3 is 5.97 Å². The van der Waals surface area contributed by atoms with Crippen LogP contribution in [-0.4, -0.2) is 47.1 Å². The summed E-state index contributed by atoms with van der Waals surface area (Å²) in [6.45, 7) is 9.96. The molecule has 7 rings (SSSR count). The number of aryl methyl sites for hydroxylation is 2. The number of hydrogen-bond donors (Lipinski definition) is 1. The molecule has 2 saturated carbocycles. The van der Waals surface area contributed by atoms with Gasteiger partial charge in [-0.3, -0.25) is 9.69 Å². The van der Waals surface area contributed by atoms with Crippen molar-refractivity contribution in [2.45, 2.75) is 78.4 Å². The van der Waals surface area contributed by atoms with Crippen LogP contribution in [0.1, 0.15) is 72.8 Å². The van der Waals surface area contributed by atoms with Crippen molar-refractivity contribution in [2.24, 2.45) is 17.3 Å². The Hall–Kier alpha value is -2.90. The first-order chi connectivity index (χ1) is 20.4. The highest BCUT2D eigenvalue weighted by Gasteiger charge is 2.62. The van der Waals surface area contributed by atoms with Crippen molar-refractivity contribution in [2.75, 3.05) is 31.1 Å². The van der Waals surface area contributed by atoms with Crippen LogP contribution in [0, 0.1) is 31.1 Å². The van der Waals surface area contributed by atoms with Gasteiger partial charge in [0.1, 0.15) is 12.4 Å². The van der Waals surface area contributed by atoms with E-state index in [0.717, 1.165) is 67.1 Å². The van der Waals surface area contributed by atoms with E-state index >= 15 is 0 Å². The molecule has 1 N–H and O–H groups in total. The molecule has 3 heterocycles. The predicted octanol–water partition coefficient (Wildman–Crippen LogP) is 7.25. The molecule has 3 fully saturated rings. The maximum atomic E-state index is 11.7. The SMILES string of the molecule is Cc1ccc(OCc2cc(C)c3c(c2)CCN(CC2CCCCC2)C3)c(-c2csc(N3CC[C@@]4(C(=O)O)C[C@H]4C3)n2)c1. The minimum atomic E-state index is -0.626. The summed E-state index contributed by atoms with van der Waals surface area (Å²) in [6, 6.07) is 11.0. The van der Waals surface area contributed by atoms with Gasteiger partial charge in [-0.05, 0) is 92.2 Å². The van der Waals surface area contributed by atoms with Crippen LogP contribution >= 0.6 is 11.3 Å². The molecule has 0 radical (unpaired) electrons. The number of aliphatic carboxylic acids is 1. The summed E-state index contributed by atoms with van der Waals surface area (Å²) in [6.07, 6.45) is 9.71. The third-order valence-corrected chi connectivity index (χ3v) is 11.3. The van der Waals surface area contributed by atoms with E-state index in [1.54, 1.807) is 11.3 Å². The second-order valence-corrected chi connectivity index (χ2v) is 14.2. The number of rotatable bonds is 8. The number of anilines is 1. The largest absolute Gasteiger partial charge is 0.488 e. The van der Waals surface area contributed by atoms with Gasteiger partial charge in [-0.15, -0.1) is 11.3 Å². The quantitative estimate of drug-likeness (QED) is 0.301. The molecule has 0 spiro atoms. The number of benzene rings is 2. The Kier molecular flexibility index (Phi) is 7.51. The lowest BCUT2D eigenvalue weighted by molar-refractivity contribution is -0.144. The first-order valence-corrected chi connectivity index (χ1v) is 16.8. The van der Waals surface area contributed by atoms with Gasteiger partial charge in [0.25, 0.3) is 0 Å². The van der Waals surface area contributed by atoms with E-state index < -0.39 is 11.4 Å². The summed E-state index contributed by atoms with van der Waals surface area (Å²) in [7, 11) is 0. The normalized spacial score (nSPS) is 24.2. The molecule has 0 bridgehead atoms. The zero-order chi connectivity index (χ0) is 28.8. The van der Waals surface area contributed by atoms with Crippen molar-refractivity contribution in [1.29, 1.82) is 0 Å². The van der Waals surface area contributed by atoms with Gasteiger partial charge in [-0.2, -0.15) is 0 Å². The molecule has 0 unspecified atom stereocenters. The van der Waals surface area contributed by atoms with Crippen molar-refractivity contribution >= 4 is 22.4 Å². The lowest BCUT2D eigenvalue weighted by Crippen LogP contribution is -2.37. The zero-order valence-electron chi connectivity index (χ0n) is 25.0. The minimum Gasteiger partial charge on any atom is -0.488 e. The molecule has 42 heavy (non-hydrogen) atoms. The molecule has 2 aromatic carbocycles. The Bertz CT molecular complexity index is 1480. The number of carboxylic acid groups (broad SMARTS) is 1. The van der Waals surface area contributed by atoms with Gasteiger partial charge in [-0.1, -0.05) is 43.0 Å². The molecule has 2 aliphatic carbocycles. The van der Waals surface area contributed by atoms with Crippen molar-refractivity contribution < 1.29 is 14.6 Å². The third kappa shape index (κ3) is 5.46. The molecule has 1 saturated heterocycles. The van der Waals surface area contributed by atoms with E-state index in [0.29, 0.717) is 13.0 Å². The fourth-order valence-electron chi connectivity index (χ4n) is 7.80. The van der Waals surface area contributed by atoms with Crippen LogP contribution in [-0.2, 0) is 24.4 Å². The van der Waals surface area contributed by atoms with Gasteiger partial charge in [0.15, 0.2) is 5.13 Å². The van der Waals surface area contributed by atoms with Crippen molar-refractivity contribution in [3.05, 3.63) is 63.5 Å².